The summed E-state index contributed by atoms with van der Waals surface area (Å²) in [4.78, 5) is 0. The van der Waals surface area contributed by atoms with Crippen molar-refractivity contribution in [3.8, 4) is 5.75 Å². The largest absolute Gasteiger partial charge is 0.489 e. The van der Waals surface area contributed by atoms with Gasteiger partial charge in [-0.15, -0.1) is 0 Å². The van der Waals surface area contributed by atoms with Gasteiger partial charge in [0, 0.05) is 16.9 Å². The molecular weight excluding hydrogens is 232 g/mol. The van der Waals surface area contributed by atoms with Crippen molar-refractivity contribution in [2.24, 2.45) is 0 Å². The molecule has 1 aliphatic heterocycles. The summed E-state index contributed by atoms with van der Waals surface area (Å²) in [6, 6.07) is 13.2. The second-order valence-electron chi connectivity index (χ2n) is 5.96. The van der Waals surface area contributed by atoms with E-state index < -0.39 is 0 Å². The highest BCUT2D eigenvalue weighted by molar-refractivity contribution is 5.90. The van der Waals surface area contributed by atoms with Gasteiger partial charge < -0.3 is 4.74 Å². The van der Waals surface area contributed by atoms with Crippen LogP contribution in [0.15, 0.2) is 36.4 Å². The third-order valence-electron chi connectivity index (χ3n) is 4.78. The minimum Gasteiger partial charge on any atom is -0.489 e. The highest BCUT2D eigenvalue weighted by Gasteiger charge is 2.35. The van der Waals surface area contributed by atoms with Crippen molar-refractivity contribution in [2.75, 3.05) is 0 Å². The van der Waals surface area contributed by atoms with E-state index in [-0.39, 0.29) is 0 Å². The van der Waals surface area contributed by atoms with Crippen LogP contribution in [0.25, 0.3) is 10.8 Å². The van der Waals surface area contributed by atoms with Gasteiger partial charge in [-0.3, -0.25) is 0 Å². The maximum atomic E-state index is 6.36. The molecule has 0 aromatic heterocycles. The van der Waals surface area contributed by atoms with Gasteiger partial charge in [-0.05, 0) is 24.6 Å². The lowest BCUT2D eigenvalue weighted by atomic mass is 9.85. The lowest BCUT2D eigenvalue weighted by Gasteiger charge is -2.21. The van der Waals surface area contributed by atoms with Crippen LogP contribution in [0.5, 0.6) is 5.75 Å². The van der Waals surface area contributed by atoms with Crippen LogP contribution in [-0.2, 0) is 0 Å². The highest BCUT2D eigenvalue weighted by atomic mass is 16.5. The van der Waals surface area contributed by atoms with Gasteiger partial charge >= 0.3 is 0 Å². The van der Waals surface area contributed by atoms with Crippen molar-refractivity contribution >= 4 is 10.8 Å². The van der Waals surface area contributed by atoms with Gasteiger partial charge in [-0.2, -0.15) is 0 Å². The second-order valence-corrected chi connectivity index (χ2v) is 5.96. The molecule has 0 spiro atoms. The Morgan fingerprint density at radius 2 is 1.68 bits per heavy atom. The summed E-state index contributed by atoms with van der Waals surface area (Å²) in [5, 5.41) is 2.60. The van der Waals surface area contributed by atoms with Crippen molar-refractivity contribution in [1.82, 2.24) is 0 Å². The van der Waals surface area contributed by atoms with Gasteiger partial charge in [0.15, 0.2) is 0 Å². The fourth-order valence-electron chi connectivity index (χ4n) is 3.78. The first kappa shape index (κ1) is 11.3. The zero-order valence-corrected chi connectivity index (χ0v) is 11.3. The Kier molecular flexibility index (Phi) is 2.72. The van der Waals surface area contributed by atoms with Crippen LogP contribution in [0.3, 0.4) is 0 Å². The molecule has 4 rings (SSSR count). The molecule has 1 aliphatic carbocycles. The van der Waals surface area contributed by atoms with E-state index in [1.54, 1.807) is 0 Å². The van der Waals surface area contributed by atoms with Crippen molar-refractivity contribution in [2.45, 2.75) is 50.5 Å². The highest BCUT2D eigenvalue weighted by Crippen LogP contribution is 2.47. The van der Waals surface area contributed by atoms with Crippen LogP contribution in [0.1, 0.15) is 50.0 Å². The molecule has 1 saturated carbocycles. The van der Waals surface area contributed by atoms with Gasteiger partial charge in [0.25, 0.3) is 0 Å². The topological polar surface area (TPSA) is 9.23 Å². The smallest absolute Gasteiger partial charge is 0.131 e. The standard InChI is InChI=1S/C18H20O/c1-2-4-10-17-15(9-3-1)16-12-11-13-7-5-6-8-14(13)18(16)19-17/h5-8,11-12,15,17H,1-4,9-10H2/t15-,17-/m0/s1. The number of rotatable bonds is 0. The summed E-state index contributed by atoms with van der Waals surface area (Å²) in [6.45, 7) is 0. The molecule has 0 amide bonds. The normalized spacial score (nSPS) is 26.1. The molecule has 2 atom stereocenters. The average Bonchev–Trinajstić information content (AvgIpc) is 2.76. The lowest BCUT2D eigenvalue weighted by molar-refractivity contribution is 0.178. The second kappa shape index (κ2) is 4.56. The van der Waals surface area contributed by atoms with E-state index in [0.717, 1.165) is 0 Å². The number of fused-ring (bicyclic) bond motifs is 5. The number of ether oxygens (including phenoxy) is 1. The number of hydrogen-bond donors (Lipinski definition) is 0. The first-order valence-electron chi connectivity index (χ1n) is 7.62. The molecule has 0 saturated heterocycles. The Bertz CT molecular complexity index is 602. The molecule has 0 N–H and O–H groups in total. The first-order chi connectivity index (χ1) is 9.43. The van der Waals surface area contributed by atoms with Crippen LogP contribution >= 0.6 is 0 Å². The molecule has 1 nitrogen and oxygen atoms in total. The average molecular weight is 252 g/mol. The monoisotopic (exact) mass is 252 g/mol. The predicted molar refractivity (Wildman–Crippen MR) is 78.8 cm³/mol. The summed E-state index contributed by atoms with van der Waals surface area (Å²) < 4.78 is 6.36. The molecule has 98 valence electrons. The molecule has 0 unspecified atom stereocenters. The fraction of sp³-hybridized carbons (Fsp3) is 0.444. The van der Waals surface area contributed by atoms with E-state index in [0.29, 0.717) is 12.0 Å². The van der Waals surface area contributed by atoms with Crippen LogP contribution in [0.2, 0.25) is 0 Å². The van der Waals surface area contributed by atoms with Gasteiger partial charge in [-0.1, -0.05) is 55.7 Å². The van der Waals surface area contributed by atoms with E-state index in [1.807, 2.05) is 0 Å². The maximum Gasteiger partial charge on any atom is 0.131 e. The Labute approximate surface area is 114 Å². The predicted octanol–water partition coefficient (Wildman–Crippen LogP) is 5.04. The Morgan fingerprint density at radius 3 is 2.63 bits per heavy atom. The van der Waals surface area contributed by atoms with E-state index in [2.05, 4.69) is 36.4 Å². The molecule has 1 heterocycles. The van der Waals surface area contributed by atoms with Crippen molar-refractivity contribution in [1.29, 1.82) is 0 Å². The molecular formula is C18H20O. The first-order valence-corrected chi connectivity index (χ1v) is 7.62. The SMILES string of the molecule is c1ccc2c3c(ccc2c1)[C@@H]1CCCCCC[C@@H]1O3. The van der Waals surface area contributed by atoms with E-state index in [1.165, 1.54) is 60.6 Å². The molecule has 1 heteroatoms. The zero-order chi connectivity index (χ0) is 12.7. The molecule has 2 aromatic rings. The molecule has 19 heavy (non-hydrogen) atoms. The van der Waals surface area contributed by atoms with Crippen LogP contribution < -0.4 is 4.74 Å². The van der Waals surface area contributed by atoms with Crippen molar-refractivity contribution < 1.29 is 4.74 Å². The number of hydrogen-bond acceptors (Lipinski definition) is 1. The summed E-state index contributed by atoms with van der Waals surface area (Å²) in [5.41, 5.74) is 1.46. The van der Waals surface area contributed by atoms with E-state index in [9.17, 15) is 0 Å². The van der Waals surface area contributed by atoms with E-state index in [4.69, 9.17) is 4.74 Å². The lowest BCUT2D eigenvalue weighted by Crippen LogP contribution is -2.20. The zero-order valence-electron chi connectivity index (χ0n) is 11.3. The Balaban J connectivity index is 1.82. The van der Waals surface area contributed by atoms with Gasteiger partial charge in [0.05, 0.1) is 0 Å². The third kappa shape index (κ3) is 1.83. The minimum absolute atomic E-state index is 0.432. The van der Waals surface area contributed by atoms with Crippen molar-refractivity contribution in [3.63, 3.8) is 0 Å². The third-order valence-corrected chi connectivity index (χ3v) is 4.78. The summed E-state index contributed by atoms with van der Waals surface area (Å²) >= 11 is 0. The minimum atomic E-state index is 0.432. The molecule has 1 fully saturated rings. The number of benzene rings is 2. The Hall–Kier alpha value is -1.50. The van der Waals surface area contributed by atoms with Crippen molar-refractivity contribution in [3.05, 3.63) is 42.0 Å². The molecule has 2 aromatic carbocycles. The molecule has 0 bridgehead atoms. The summed E-state index contributed by atoms with van der Waals surface area (Å²) in [5.74, 6) is 1.81. The van der Waals surface area contributed by atoms with E-state index >= 15 is 0 Å². The van der Waals surface area contributed by atoms with Gasteiger partial charge in [-0.25, -0.2) is 0 Å². The summed E-state index contributed by atoms with van der Waals surface area (Å²) in [6.07, 6.45) is 8.42. The van der Waals surface area contributed by atoms with Gasteiger partial charge in [0.2, 0.25) is 0 Å². The van der Waals surface area contributed by atoms with Crippen LogP contribution in [0.4, 0.5) is 0 Å². The van der Waals surface area contributed by atoms with Crippen LogP contribution in [-0.4, -0.2) is 6.10 Å². The quantitative estimate of drug-likeness (QED) is 0.638. The maximum absolute atomic E-state index is 6.36. The Morgan fingerprint density at radius 1 is 0.842 bits per heavy atom. The van der Waals surface area contributed by atoms with Crippen LogP contribution in [0, 0.1) is 0 Å². The molecule has 2 aliphatic rings. The van der Waals surface area contributed by atoms with Gasteiger partial charge in [0.1, 0.15) is 11.9 Å². The fourth-order valence-corrected chi connectivity index (χ4v) is 3.78. The summed E-state index contributed by atoms with van der Waals surface area (Å²) in [7, 11) is 0. The molecule has 0 radical (unpaired) electrons.